The molecule has 0 saturated carbocycles. The molecule has 28 heavy (non-hydrogen) atoms. The van der Waals surface area contributed by atoms with E-state index in [9.17, 15) is 9.90 Å². The third kappa shape index (κ3) is 4.90. The predicted octanol–water partition coefficient (Wildman–Crippen LogP) is 2.38. The minimum absolute atomic E-state index is 0.0808. The molecule has 3 N–H and O–H groups in total. The lowest BCUT2D eigenvalue weighted by molar-refractivity contribution is 0.113. The zero-order valence-electron chi connectivity index (χ0n) is 16.6. The Kier molecular flexibility index (Phi) is 7.04. The molecule has 7 heteroatoms. The SMILES string of the molecule is Cc1ccc2cc(CN(CCCO)C(=S)NC[C@H]3CCCO3)c(=O)[nH]c2c1C. The number of aliphatic hydroxyl groups excluding tert-OH is 1. The van der Waals surface area contributed by atoms with E-state index in [0.29, 0.717) is 36.7 Å². The van der Waals surface area contributed by atoms with Crippen LogP contribution in [0.25, 0.3) is 10.9 Å². The Bertz CT molecular complexity index is 890. The van der Waals surface area contributed by atoms with Crippen LogP contribution in [0.1, 0.15) is 36.0 Å². The summed E-state index contributed by atoms with van der Waals surface area (Å²) >= 11 is 5.56. The van der Waals surface area contributed by atoms with Crippen LogP contribution in [0.5, 0.6) is 0 Å². The average Bonchev–Trinajstić information content (AvgIpc) is 3.21. The Labute approximate surface area is 170 Å². The lowest BCUT2D eigenvalue weighted by Gasteiger charge is -2.26. The minimum Gasteiger partial charge on any atom is -0.396 e. The van der Waals surface area contributed by atoms with E-state index in [-0.39, 0.29) is 18.3 Å². The van der Waals surface area contributed by atoms with Crippen molar-refractivity contribution in [3.8, 4) is 0 Å². The van der Waals surface area contributed by atoms with E-state index < -0.39 is 0 Å². The van der Waals surface area contributed by atoms with Crippen molar-refractivity contribution in [2.75, 3.05) is 26.3 Å². The number of aryl methyl sites for hydroxylation is 2. The van der Waals surface area contributed by atoms with Gasteiger partial charge in [-0.15, -0.1) is 0 Å². The highest BCUT2D eigenvalue weighted by Gasteiger charge is 2.18. The van der Waals surface area contributed by atoms with Crippen molar-refractivity contribution >= 4 is 28.2 Å². The Morgan fingerprint density at radius 1 is 1.43 bits per heavy atom. The van der Waals surface area contributed by atoms with Crippen LogP contribution in [0.4, 0.5) is 0 Å². The summed E-state index contributed by atoms with van der Waals surface area (Å²) in [5.41, 5.74) is 3.69. The van der Waals surface area contributed by atoms with Crippen molar-refractivity contribution in [3.05, 3.63) is 45.2 Å². The monoisotopic (exact) mass is 403 g/mol. The van der Waals surface area contributed by atoms with Crippen LogP contribution in [-0.4, -0.2) is 52.5 Å². The van der Waals surface area contributed by atoms with Gasteiger partial charge in [0.25, 0.3) is 5.56 Å². The van der Waals surface area contributed by atoms with Gasteiger partial charge in [-0.1, -0.05) is 12.1 Å². The molecule has 0 spiro atoms. The van der Waals surface area contributed by atoms with Crippen LogP contribution in [0, 0.1) is 13.8 Å². The second-order valence-corrected chi connectivity index (χ2v) is 7.80. The number of H-pyrrole nitrogens is 1. The third-order valence-electron chi connectivity index (χ3n) is 5.37. The summed E-state index contributed by atoms with van der Waals surface area (Å²) in [6.07, 6.45) is 2.90. The molecule has 2 aromatic rings. The highest BCUT2D eigenvalue weighted by atomic mass is 32.1. The zero-order valence-corrected chi connectivity index (χ0v) is 17.4. The first-order valence-corrected chi connectivity index (χ1v) is 10.3. The molecule has 0 unspecified atom stereocenters. The number of rotatable bonds is 7. The summed E-state index contributed by atoms with van der Waals surface area (Å²) < 4.78 is 5.63. The number of hydrogen-bond acceptors (Lipinski definition) is 4. The van der Waals surface area contributed by atoms with E-state index in [0.717, 1.165) is 41.5 Å². The van der Waals surface area contributed by atoms with E-state index in [1.54, 1.807) is 0 Å². The van der Waals surface area contributed by atoms with Crippen LogP contribution in [0.2, 0.25) is 0 Å². The molecular formula is C21H29N3O3S. The van der Waals surface area contributed by atoms with E-state index >= 15 is 0 Å². The van der Waals surface area contributed by atoms with E-state index in [1.165, 1.54) is 0 Å². The summed E-state index contributed by atoms with van der Waals surface area (Å²) in [6, 6.07) is 6.04. The van der Waals surface area contributed by atoms with Gasteiger partial charge in [0, 0.05) is 31.9 Å². The molecule has 3 rings (SSSR count). The number of hydrogen-bond donors (Lipinski definition) is 3. The minimum atomic E-state index is -0.0999. The molecule has 1 aliphatic rings. The number of aromatic amines is 1. The van der Waals surface area contributed by atoms with Gasteiger partial charge in [-0.25, -0.2) is 0 Å². The van der Waals surface area contributed by atoms with Crippen molar-refractivity contribution < 1.29 is 9.84 Å². The highest BCUT2D eigenvalue weighted by Crippen LogP contribution is 2.19. The zero-order chi connectivity index (χ0) is 20.1. The number of pyridine rings is 1. The molecule has 0 bridgehead atoms. The topological polar surface area (TPSA) is 77.6 Å². The maximum Gasteiger partial charge on any atom is 0.253 e. The lowest BCUT2D eigenvalue weighted by Crippen LogP contribution is -2.43. The van der Waals surface area contributed by atoms with Gasteiger partial charge >= 0.3 is 0 Å². The summed E-state index contributed by atoms with van der Waals surface area (Å²) in [7, 11) is 0. The maximum absolute atomic E-state index is 12.7. The fourth-order valence-corrected chi connectivity index (χ4v) is 3.76. The molecule has 1 aliphatic heterocycles. The van der Waals surface area contributed by atoms with Crippen molar-refractivity contribution in [2.45, 2.75) is 45.8 Å². The van der Waals surface area contributed by atoms with Gasteiger partial charge in [-0.05, 0) is 67.9 Å². The van der Waals surface area contributed by atoms with Crippen molar-refractivity contribution in [1.82, 2.24) is 15.2 Å². The normalized spacial score (nSPS) is 16.5. The van der Waals surface area contributed by atoms with Crippen LogP contribution in [0.15, 0.2) is 23.0 Å². The predicted molar refractivity (Wildman–Crippen MR) is 116 cm³/mol. The molecule has 1 aromatic carbocycles. The van der Waals surface area contributed by atoms with E-state index in [1.807, 2.05) is 30.9 Å². The molecule has 0 aliphatic carbocycles. The Hall–Kier alpha value is -1.96. The Morgan fingerprint density at radius 2 is 2.25 bits per heavy atom. The van der Waals surface area contributed by atoms with Gasteiger partial charge < -0.3 is 25.0 Å². The van der Waals surface area contributed by atoms with Gasteiger partial charge in [0.15, 0.2) is 5.11 Å². The fourth-order valence-electron chi connectivity index (χ4n) is 3.53. The van der Waals surface area contributed by atoms with E-state index in [2.05, 4.69) is 16.4 Å². The van der Waals surface area contributed by atoms with Gasteiger partial charge in [0.2, 0.25) is 0 Å². The number of aromatic nitrogens is 1. The molecule has 1 saturated heterocycles. The van der Waals surface area contributed by atoms with Crippen LogP contribution >= 0.6 is 12.2 Å². The van der Waals surface area contributed by atoms with Crippen molar-refractivity contribution in [2.24, 2.45) is 0 Å². The number of nitrogens with zero attached hydrogens (tertiary/aromatic N) is 1. The van der Waals surface area contributed by atoms with Gasteiger partial charge in [0.1, 0.15) is 0 Å². The first kappa shape index (κ1) is 20.8. The first-order valence-electron chi connectivity index (χ1n) is 9.87. The lowest BCUT2D eigenvalue weighted by atomic mass is 10.0. The third-order valence-corrected chi connectivity index (χ3v) is 5.77. The summed E-state index contributed by atoms with van der Waals surface area (Å²) in [5.74, 6) is 0. The summed E-state index contributed by atoms with van der Waals surface area (Å²) in [5, 5.41) is 14.1. The molecular weight excluding hydrogens is 374 g/mol. The highest BCUT2D eigenvalue weighted by molar-refractivity contribution is 7.80. The Morgan fingerprint density at radius 3 is 2.96 bits per heavy atom. The number of ether oxygens (including phenoxy) is 1. The fraction of sp³-hybridized carbons (Fsp3) is 0.524. The number of fused-ring (bicyclic) bond motifs is 1. The van der Waals surface area contributed by atoms with Gasteiger partial charge in [-0.3, -0.25) is 4.79 Å². The average molecular weight is 404 g/mol. The number of benzene rings is 1. The molecule has 0 radical (unpaired) electrons. The Balaban J connectivity index is 1.77. The number of aliphatic hydroxyl groups is 1. The van der Waals surface area contributed by atoms with E-state index in [4.69, 9.17) is 17.0 Å². The largest absolute Gasteiger partial charge is 0.396 e. The van der Waals surface area contributed by atoms with Gasteiger partial charge in [0.05, 0.1) is 18.2 Å². The summed E-state index contributed by atoms with van der Waals surface area (Å²) in [6.45, 7) is 6.59. The van der Waals surface area contributed by atoms with Crippen molar-refractivity contribution in [3.63, 3.8) is 0 Å². The number of thiocarbonyl (C=S) groups is 1. The molecule has 1 atom stereocenters. The quantitative estimate of drug-likeness (QED) is 0.616. The molecule has 152 valence electrons. The smallest absolute Gasteiger partial charge is 0.253 e. The van der Waals surface area contributed by atoms with Crippen LogP contribution in [-0.2, 0) is 11.3 Å². The second-order valence-electron chi connectivity index (χ2n) is 7.42. The molecule has 6 nitrogen and oxygen atoms in total. The maximum atomic E-state index is 12.7. The summed E-state index contributed by atoms with van der Waals surface area (Å²) in [4.78, 5) is 17.7. The second kappa shape index (κ2) is 9.49. The molecule has 0 amide bonds. The number of nitrogens with one attached hydrogen (secondary N) is 2. The van der Waals surface area contributed by atoms with Crippen LogP contribution < -0.4 is 10.9 Å². The van der Waals surface area contributed by atoms with Crippen molar-refractivity contribution in [1.29, 1.82) is 0 Å². The van der Waals surface area contributed by atoms with Gasteiger partial charge in [-0.2, -0.15) is 0 Å². The first-order chi connectivity index (χ1) is 13.5. The standard InChI is InChI=1S/C21H29N3O3S/c1-14-6-7-16-11-17(20(26)23-19(16)15(14)2)13-24(8-4-9-25)21(28)22-12-18-5-3-10-27-18/h6-7,11,18,25H,3-5,8-10,12-13H2,1-2H3,(H,22,28)(H,23,26)/t18-/m1/s1. The molecule has 2 heterocycles. The molecule has 1 aromatic heterocycles. The van der Waals surface area contributed by atoms with Crippen LogP contribution in [0.3, 0.4) is 0 Å². The molecule has 1 fully saturated rings.